The normalized spacial score (nSPS) is 15.1. The molecule has 0 radical (unpaired) electrons. The van der Waals surface area contributed by atoms with Gasteiger partial charge in [0.2, 0.25) is 5.91 Å². The Kier molecular flexibility index (Phi) is 8.47. The molecule has 0 bridgehead atoms. The van der Waals surface area contributed by atoms with Crippen LogP contribution in [0, 0.1) is 5.92 Å². The topological polar surface area (TPSA) is 49.9 Å². The van der Waals surface area contributed by atoms with E-state index in [0.29, 0.717) is 41.9 Å². The fraction of sp³-hybridized carbons (Fsp3) is 0.357. The van der Waals surface area contributed by atoms with Gasteiger partial charge in [0, 0.05) is 28.6 Å². The Morgan fingerprint density at radius 3 is 2.57 bits per heavy atom. The molecule has 2 amide bonds. The summed E-state index contributed by atoms with van der Waals surface area (Å²) in [4.78, 5) is 31.8. The van der Waals surface area contributed by atoms with Gasteiger partial charge >= 0.3 is 0 Å². The number of nitrogens with zero attached hydrogens (tertiary/aromatic N) is 2. The number of benzene rings is 2. The van der Waals surface area contributed by atoms with Gasteiger partial charge in [0.1, 0.15) is 18.9 Å². The fourth-order valence-electron chi connectivity index (χ4n) is 4.26. The third kappa shape index (κ3) is 6.44. The van der Waals surface area contributed by atoms with Gasteiger partial charge in [-0.15, -0.1) is 11.3 Å². The molecule has 7 heteroatoms. The van der Waals surface area contributed by atoms with Crippen molar-refractivity contribution >= 4 is 34.8 Å². The first-order valence-electron chi connectivity index (χ1n) is 12.0. The molecule has 4 rings (SSSR count). The molecule has 35 heavy (non-hydrogen) atoms. The van der Waals surface area contributed by atoms with E-state index in [2.05, 4.69) is 25.3 Å². The Hall–Kier alpha value is -2.83. The van der Waals surface area contributed by atoms with E-state index in [1.807, 2.05) is 35.2 Å². The monoisotopic (exact) mass is 510 g/mol. The summed E-state index contributed by atoms with van der Waals surface area (Å²) < 4.78 is 6.08. The highest BCUT2D eigenvalue weighted by Gasteiger charge is 2.33. The number of amides is 2. The van der Waals surface area contributed by atoms with Gasteiger partial charge in [-0.05, 0) is 72.2 Å². The lowest BCUT2D eigenvalue weighted by atomic mass is 10.00. The van der Waals surface area contributed by atoms with Gasteiger partial charge in [0.05, 0.1) is 6.04 Å². The minimum Gasteiger partial charge on any atom is -0.491 e. The summed E-state index contributed by atoms with van der Waals surface area (Å²) in [6, 6.07) is 18.3. The molecule has 5 nitrogen and oxygen atoms in total. The first-order chi connectivity index (χ1) is 16.9. The predicted octanol–water partition coefficient (Wildman–Crippen LogP) is 6.09. The van der Waals surface area contributed by atoms with Crippen LogP contribution >= 0.6 is 22.9 Å². The predicted molar refractivity (Wildman–Crippen MR) is 141 cm³/mol. The van der Waals surface area contributed by atoms with Crippen LogP contribution in [-0.4, -0.2) is 47.9 Å². The van der Waals surface area contributed by atoms with E-state index in [1.54, 1.807) is 40.5 Å². The molecule has 1 aliphatic rings. The van der Waals surface area contributed by atoms with Crippen molar-refractivity contribution in [1.29, 1.82) is 0 Å². The van der Waals surface area contributed by atoms with Crippen LogP contribution in [0.2, 0.25) is 5.02 Å². The summed E-state index contributed by atoms with van der Waals surface area (Å²) in [7, 11) is 0. The molecule has 1 aliphatic heterocycles. The zero-order valence-electron chi connectivity index (χ0n) is 20.2. The summed E-state index contributed by atoms with van der Waals surface area (Å²) in [6.45, 7) is 5.80. The van der Waals surface area contributed by atoms with Gasteiger partial charge in [-0.2, -0.15) is 0 Å². The highest BCUT2D eigenvalue weighted by molar-refractivity contribution is 7.10. The molecule has 0 aliphatic carbocycles. The SMILES string of the molecule is CC(C)CCN(CC(=O)N1CCc2sccc2[C@@H]1COc1ccc(Cl)cc1)C(=O)c1ccccc1. The van der Waals surface area contributed by atoms with Crippen LogP contribution in [0.4, 0.5) is 0 Å². The number of fused-ring (bicyclic) bond motifs is 1. The molecule has 184 valence electrons. The summed E-state index contributed by atoms with van der Waals surface area (Å²) in [5.41, 5.74) is 1.73. The third-order valence-corrected chi connectivity index (χ3v) is 7.50. The Labute approximate surface area is 216 Å². The molecule has 0 saturated heterocycles. The zero-order valence-corrected chi connectivity index (χ0v) is 21.7. The number of ether oxygens (including phenoxy) is 1. The number of thiophene rings is 1. The number of carbonyl (C=O) groups excluding carboxylic acids is 2. The van der Waals surface area contributed by atoms with Crippen molar-refractivity contribution in [3.05, 3.63) is 87.1 Å². The van der Waals surface area contributed by atoms with E-state index in [-0.39, 0.29) is 24.4 Å². The van der Waals surface area contributed by atoms with Crippen molar-refractivity contribution in [2.45, 2.75) is 32.7 Å². The molecule has 0 spiro atoms. The molecule has 0 fully saturated rings. The highest BCUT2D eigenvalue weighted by Crippen LogP contribution is 2.34. The Morgan fingerprint density at radius 2 is 1.86 bits per heavy atom. The maximum absolute atomic E-state index is 13.6. The maximum atomic E-state index is 13.6. The van der Waals surface area contributed by atoms with Crippen LogP contribution in [0.15, 0.2) is 66.0 Å². The van der Waals surface area contributed by atoms with E-state index < -0.39 is 0 Å². The lowest BCUT2D eigenvalue weighted by molar-refractivity contribution is -0.135. The van der Waals surface area contributed by atoms with Crippen molar-refractivity contribution in [3.63, 3.8) is 0 Å². The Bertz CT molecular complexity index is 1130. The van der Waals surface area contributed by atoms with Crippen molar-refractivity contribution in [1.82, 2.24) is 9.80 Å². The van der Waals surface area contributed by atoms with Crippen LogP contribution < -0.4 is 4.74 Å². The van der Waals surface area contributed by atoms with Gasteiger partial charge in [0.25, 0.3) is 5.91 Å². The van der Waals surface area contributed by atoms with Crippen LogP contribution in [0.1, 0.15) is 47.1 Å². The van der Waals surface area contributed by atoms with Crippen molar-refractivity contribution in [2.75, 3.05) is 26.2 Å². The van der Waals surface area contributed by atoms with Crippen LogP contribution in [0.25, 0.3) is 0 Å². The Balaban J connectivity index is 1.52. The number of hydrogen-bond donors (Lipinski definition) is 0. The number of hydrogen-bond acceptors (Lipinski definition) is 4. The molecule has 1 aromatic heterocycles. The lowest BCUT2D eigenvalue weighted by Gasteiger charge is -2.37. The number of carbonyl (C=O) groups is 2. The lowest BCUT2D eigenvalue weighted by Crippen LogP contribution is -2.48. The maximum Gasteiger partial charge on any atom is 0.254 e. The summed E-state index contributed by atoms with van der Waals surface area (Å²) in [6.07, 6.45) is 1.65. The Morgan fingerprint density at radius 1 is 1.11 bits per heavy atom. The van der Waals surface area contributed by atoms with Crippen LogP contribution in [0.3, 0.4) is 0 Å². The third-order valence-electron chi connectivity index (χ3n) is 6.25. The van der Waals surface area contributed by atoms with Gasteiger partial charge in [0.15, 0.2) is 0 Å². The first kappa shape index (κ1) is 25.3. The molecule has 0 saturated carbocycles. The van der Waals surface area contributed by atoms with Gasteiger partial charge in [-0.1, -0.05) is 43.6 Å². The summed E-state index contributed by atoms with van der Waals surface area (Å²) >= 11 is 7.72. The minimum atomic E-state index is -0.202. The summed E-state index contributed by atoms with van der Waals surface area (Å²) in [5, 5.41) is 2.72. The largest absolute Gasteiger partial charge is 0.491 e. The van der Waals surface area contributed by atoms with Crippen molar-refractivity contribution < 1.29 is 14.3 Å². The second kappa shape index (κ2) is 11.7. The molecule has 2 aromatic carbocycles. The minimum absolute atomic E-state index is 0.0529. The van der Waals surface area contributed by atoms with E-state index >= 15 is 0 Å². The van der Waals surface area contributed by atoms with E-state index in [1.165, 1.54) is 4.88 Å². The zero-order chi connectivity index (χ0) is 24.8. The molecule has 2 heterocycles. The molecule has 0 N–H and O–H groups in total. The fourth-order valence-corrected chi connectivity index (χ4v) is 5.32. The number of halogens is 1. The molecule has 0 unspecified atom stereocenters. The molecular formula is C28H31ClN2O3S. The van der Waals surface area contributed by atoms with Crippen molar-refractivity contribution in [2.24, 2.45) is 5.92 Å². The second-order valence-corrected chi connectivity index (χ2v) is 10.6. The quantitative estimate of drug-likeness (QED) is 0.350. The average molecular weight is 511 g/mol. The molecule has 3 aromatic rings. The van der Waals surface area contributed by atoms with Crippen molar-refractivity contribution in [3.8, 4) is 5.75 Å². The van der Waals surface area contributed by atoms with E-state index in [9.17, 15) is 9.59 Å². The number of rotatable bonds is 9. The molecular weight excluding hydrogens is 480 g/mol. The van der Waals surface area contributed by atoms with E-state index in [4.69, 9.17) is 16.3 Å². The van der Waals surface area contributed by atoms with Crippen LogP contribution in [0.5, 0.6) is 5.75 Å². The standard InChI is InChI=1S/C28H31ClN2O3S/c1-20(2)12-15-30(28(33)21-6-4-3-5-7-21)18-27(32)31-16-13-26-24(14-17-35-26)25(31)19-34-23-10-8-22(29)9-11-23/h3-11,14,17,20,25H,12-13,15-16,18-19H2,1-2H3/t25-/m0/s1. The average Bonchev–Trinajstić information content (AvgIpc) is 3.35. The second-order valence-electron chi connectivity index (χ2n) is 9.19. The summed E-state index contributed by atoms with van der Waals surface area (Å²) in [5.74, 6) is 0.975. The van der Waals surface area contributed by atoms with Gasteiger partial charge < -0.3 is 14.5 Å². The highest BCUT2D eigenvalue weighted by atomic mass is 35.5. The first-order valence-corrected chi connectivity index (χ1v) is 13.3. The smallest absolute Gasteiger partial charge is 0.254 e. The molecule has 1 atom stereocenters. The van der Waals surface area contributed by atoms with Crippen LogP contribution in [-0.2, 0) is 11.2 Å². The van der Waals surface area contributed by atoms with Gasteiger partial charge in [-0.25, -0.2) is 0 Å². The van der Waals surface area contributed by atoms with Gasteiger partial charge in [-0.3, -0.25) is 9.59 Å². The van der Waals surface area contributed by atoms with E-state index in [0.717, 1.165) is 18.4 Å².